The third-order valence-electron chi connectivity index (χ3n) is 4.30. The summed E-state index contributed by atoms with van der Waals surface area (Å²) in [6.45, 7) is 0.540. The standard InChI is InChI=1S/C16H23N3O3/c17-15-4-2-1-3-13(15)11-16(20)18-10-9-12-5-7-14(8-6-12)19(21)22/h5-8,13,15H,1-4,9-11,17H2,(H,18,20). The van der Waals surface area contributed by atoms with Crippen molar-refractivity contribution < 1.29 is 9.72 Å². The number of benzene rings is 1. The van der Waals surface area contributed by atoms with Crippen molar-refractivity contribution in [1.82, 2.24) is 5.32 Å². The summed E-state index contributed by atoms with van der Waals surface area (Å²) in [5, 5.41) is 13.5. The molecule has 0 saturated heterocycles. The van der Waals surface area contributed by atoms with Crippen molar-refractivity contribution in [2.75, 3.05) is 6.54 Å². The molecule has 1 fully saturated rings. The normalized spacial score (nSPS) is 21.3. The minimum atomic E-state index is -0.418. The average Bonchev–Trinajstić information content (AvgIpc) is 2.50. The highest BCUT2D eigenvalue weighted by Crippen LogP contribution is 2.25. The van der Waals surface area contributed by atoms with Gasteiger partial charge in [-0.3, -0.25) is 14.9 Å². The minimum absolute atomic E-state index is 0.0456. The van der Waals surface area contributed by atoms with Crippen LogP contribution in [0.4, 0.5) is 5.69 Å². The Morgan fingerprint density at radius 2 is 1.95 bits per heavy atom. The molecule has 1 aliphatic carbocycles. The number of hydrogen-bond donors (Lipinski definition) is 2. The van der Waals surface area contributed by atoms with Crippen LogP contribution in [0.3, 0.4) is 0 Å². The zero-order chi connectivity index (χ0) is 15.9. The van der Waals surface area contributed by atoms with Crippen molar-refractivity contribution >= 4 is 11.6 Å². The van der Waals surface area contributed by atoms with E-state index in [0.29, 0.717) is 25.3 Å². The van der Waals surface area contributed by atoms with Crippen LogP contribution >= 0.6 is 0 Å². The highest BCUT2D eigenvalue weighted by molar-refractivity contribution is 5.76. The fourth-order valence-electron chi connectivity index (χ4n) is 2.93. The van der Waals surface area contributed by atoms with Gasteiger partial charge >= 0.3 is 0 Å². The number of nitrogens with two attached hydrogens (primary N) is 1. The molecule has 0 radical (unpaired) electrons. The van der Waals surface area contributed by atoms with Crippen molar-refractivity contribution in [3.8, 4) is 0 Å². The van der Waals surface area contributed by atoms with Gasteiger partial charge in [-0.25, -0.2) is 0 Å². The lowest BCUT2D eigenvalue weighted by Crippen LogP contribution is -2.37. The maximum atomic E-state index is 11.9. The number of hydrogen-bond acceptors (Lipinski definition) is 4. The number of nitrogens with zero attached hydrogens (tertiary/aromatic N) is 1. The molecule has 1 aliphatic rings. The maximum Gasteiger partial charge on any atom is 0.269 e. The van der Waals surface area contributed by atoms with Crippen LogP contribution in [0.5, 0.6) is 0 Å². The van der Waals surface area contributed by atoms with E-state index < -0.39 is 4.92 Å². The molecule has 1 aromatic carbocycles. The van der Waals surface area contributed by atoms with E-state index in [1.54, 1.807) is 12.1 Å². The summed E-state index contributed by atoms with van der Waals surface area (Å²) in [5.41, 5.74) is 7.11. The van der Waals surface area contributed by atoms with E-state index in [1.807, 2.05) is 0 Å². The van der Waals surface area contributed by atoms with Crippen LogP contribution in [-0.4, -0.2) is 23.4 Å². The number of non-ortho nitro benzene ring substituents is 1. The molecule has 2 unspecified atom stereocenters. The molecule has 0 bridgehead atoms. The van der Waals surface area contributed by atoms with E-state index in [1.165, 1.54) is 18.6 Å². The van der Waals surface area contributed by atoms with Gasteiger partial charge in [0.25, 0.3) is 5.69 Å². The molecule has 1 saturated carbocycles. The Bertz CT molecular complexity index is 516. The quantitative estimate of drug-likeness (QED) is 0.621. The molecule has 120 valence electrons. The Morgan fingerprint density at radius 1 is 1.27 bits per heavy atom. The molecule has 0 spiro atoms. The second-order valence-electron chi connectivity index (χ2n) is 5.94. The minimum Gasteiger partial charge on any atom is -0.356 e. The number of carbonyl (C=O) groups excluding carboxylic acids is 1. The summed E-state index contributed by atoms with van der Waals surface area (Å²) in [6, 6.07) is 6.56. The van der Waals surface area contributed by atoms with Gasteiger partial charge in [0.15, 0.2) is 0 Å². The van der Waals surface area contributed by atoms with E-state index in [9.17, 15) is 14.9 Å². The van der Waals surface area contributed by atoms with E-state index in [-0.39, 0.29) is 17.6 Å². The zero-order valence-corrected chi connectivity index (χ0v) is 12.7. The summed E-state index contributed by atoms with van der Waals surface area (Å²) in [5.74, 6) is 0.345. The number of nitro benzene ring substituents is 1. The van der Waals surface area contributed by atoms with Gasteiger partial charge in [0.05, 0.1) is 4.92 Å². The van der Waals surface area contributed by atoms with Crippen molar-refractivity contribution in [2.45, 2.75) is 44.6 Å². The SMILES string of the molecule is NC1CCCCC1CC(=O)NCCc1ccc([N+](=O)[O-])cc1. The average molecular weight is 305 g/mol. The molecule has 2 atom stereocenters. The molecule has 0 heterocycles. The third-order valence-corrected chi connectivity index (χ3v) is 4.30. The van der Waals surface area contributed by atoms with Crippen LogP contribution in [0.1, 0.15) is 37.7 Å². The predicted molar refractivity (Wildman–Crippen MR) is 84.4 cm³/mol. The van der Waals surface area contributed by atoms with Crippen molar-refractivity contribution in [3.05, 3.63) is 39.9 Å². The summed E-state index contributed by atoms with van der Waals surface area (Å²) in [7, 11) is 0. The van der Waals surface area contributed by atoms with Gasteiger partial charge in [-0.05, 0) is 30.7 Å². The molecular formula is C16H23N3O3. The Kier molecular flexibility index (Phi) is 5.89. The highest BCUT2D eigenvalue weighted by atomic mass is 16.6. The molecule has 0 aliphatic heterocycles. The monoisotopic (exact) mass is 305 g/mol. The third kappa shape index (κ3) is 4.80. The molecule has 1 aromatic rings. The molecular weight excluding hydrogens is 282 g/mol. The first kappa shape index (κ1) is 16.4. The van der Waals surface area contributed by atoms with Crippen LogP contribution in [0, 0.1) is 16.0 Å². The first-order chi connectivity index (χ1) is 10.6. The first-order valence-electron chi connectivity index (χ1n) is 7.82. The predicted octanol–water partition coefficient (Wildman–Crippen LogP) is 2.16. The maximum absolute atomic E-state index is 11.9. The fourth-order valence-corrected chi connectivity index (χ4v) is 2.93. The van der Waals surface area contributed by atoms with Gasteiger partial charge in [-0.1, -0.05) is 25.0 Å². The van der Waals surface area contributed by atoms with E-state index >= 15 is 0 Å². The van der Waals surface area contributed by atoms with Crippen molar-refractivity contribution in [2.24, 2.45) is 11.7 Å². The van der Waals surface area contributed by atoms with Gasteiger partial charge in [-0.15, -0.1) is 0 Å². The van der Waals surface area contributed by atoms with E-state index in [2.05, 4.69) is 5.32 Å². The smallest absolute Gasteiger partial charge is 0.269 e. The molecule has 6 heteroatoms. The molecule has 6 nitrogen and oxygen atoms in total. The topological polar surface area (TPSA) is 98.3 Å². The molecule has 1 amide bonds. The van der Waals surface area contributed by atoms with Gasteiger partial charge in [0, 0.05) is 31.1 Å². The molecule has 22 heavy (non-hydrogen) atoms. The van der Waals surface area contributed by atoms with Gasteiger partial charge in [0.2, 0.25) is 5.91 Å². The summed E-state index contributed by atoms with van der Waals surface area (Å²) in [4.78, 5) is 22.1. The second-order valence-corrected chi connectivity index (χ2v) is 5.94. The second kappa shape index (κ2) is 7.89. The van der Waals surface area contributed by atoms with Crippen molar-refractivity contribution in [3.63, 3.8) is 0 Å². The fraction of sp³-hybridized carbons (Fsp3) is 0.562. The van der Waals surface area contributed by atoms with Crippen LogP contribution < -0.4 is 11.1 Å². The van der Waals surface area contributed by atoms with Gasteiger partial charge in [-0.2, -0.15) is 0 Å². The number of nitro groups is 1. The molecule has 3 N–H and O–H groups in total. The Morgan fingerprint density at radius 3 is 2.59 bits per heavy atom. The van der Waals surface area contributed by atoms with Crippen LogP contribution in [-0.2, 0) is 11.2 Å². The highest BCUT2D eigenvalue weighted by Gasteiger charge is 2.23. The Hall–Kier alpha value is -1.95. The zero-order valence-electron chi connectivity index (χ0n) is 12.7. The number of nitrogens with one attached hydrogen (secondary N) is 1. The lowest BCUT2D eigenvalue weighted by Gasteiger charge is -2.27. The first-order valence-corrected chi connectivity index (χ1v) is 7.82. The number of amides is 1. The van der Waals surface area contributed by atoms with Crippen LogP contribution in [0.25, 0.3) is 0 Å². The molecule has 2 rings (SSSR count). The largest absolute Gasteiger partial charge is 0.356 e. The summed E-state index contributed by atoms with van der Waals surface area (Å²) < 4.78 is 0. The van der Waals surface area contributed by atoms with E-state index in [4.69, 9.17) is 5.73 Å². The summed E-state index contributed by atoms with van der Waals surface area (Å²) >= 11 is 0. The van der Waals surface area contributed by atoms with Crippen LogP contribution in [0.15, 0.2) is 24.3 Å². The number of rotatable bonds is 6. The lowest BCUT2D eigenvalue weighted by molar-refractivity contribution is -0.384. The van der Waals surface area contributed by atoms with Gasteiger partial charge < -0.3 is 11.1 Å². The van der Waals surface area contributed by atoms with Crippen molar-refractivity contribution in [1.29, 1.82) is 0 Å². The Balaban J connectivity index is 1.71. The van der Waals surface area contributed by atoms with Crippen LogP contribution in [0.2, 0.25) is 0 Å². The summed E-state index contributed by atoms with van der Waals surface area (Å²) in [6.07, 6.45) is 5.55. The molecule has 0 aromatic heterocycles. The number of carbonyl (C=O) groups is 1. The Labute approximate surface area is 130 Å². The van der Waals surface area contributed by atoms with Gasteiger partial charge in [0.1, 0.15) is 0 Å². The van der Waals surface area contributed by atoms with E-state index in [0.717, 1.165) is 24.8 Å². The lowest BCUT2D eigenvalue weighted by atomic mass is 9.83.